The van der Waals surface area contributed by atoms with Gasteiger partial charge in [-0.05, 0) is 49.2 Å². The number of hydrogen-bond donors (Lipinski definition) is 1. The number of rotatable bonds is 4. The molecule has 1 unspecified atom stereocenters. The van der Waals surface area contributed by atoms with Gasteiger partial charge in [0.2, 0.25) is 0 Å². The highest BCUT2D eigenvalue weighted by Crippen LogP contribution is 2.28. The Kier molecular flexibility index (Phi) is 4.63. The molecule has 0 saturated carbocycles. The van der Waals surface area contributed by atoms with Crippen LogP contribution in [0.25, 0.3) is 0 Å². The zero-order chi connectivity index (χ0) is 14.7. The summed E-state index contributed by atoms with van der Waals surface area (Å²) >= 11 is 5.83. The van der Waals surface area contributed by atoms with Gasteiger partial charge in [0.25, 0.3) is 0 Å². The molecule has 0 amide bonds. The van der Waals surface area contributed by atoms with E-state index >= 15 is 0 Å². The standard InChI is InChI=1S/C16H17ClFNO/c1-10-7-16(14(11(2)19)8-15(10)18)20-9-12-3-5-13(17)6-4-12/h3-8,11H,9,19H2,1-2H3. The third-order valence-electron chi connectivity index (χ3n) is 3.09. The Morgan fingerprint density at radius 3 is 2.50 bits per heavy atom. The van der Waals surface area contributed by atoms with E-state index in [1.165, 1.54) is 6.07 Å². The number of benzene rings is 2. The Bertz CT molecular complexity index is 596. The van der Waals surface area contributed by atoms with Crippen LogP contribution in [0.3, 0.4) is 0 Å². The smallest absolute Gasteiger partial charge is 0.126 e. The number of aryl methyl sites for hydroxylation is 1. The second-order valence-electron chi connectivity index (χ2n) is 4.84. The zero-order valence-corrected chi connectivity index (χ0v) is 12.2. The fourth-order valence-electron chi connectivity index (χ4n) is 1.89. The maximum absolute atomic E-state index is 13.6. The molecule has 2 aromatic rings. The SMILES string of the molecule is Cc1cc(OCc2ccc(Cl)cc2)c(C(C)N)cc1F. The van der Waals surface area contributed by atoms with Crippen molar-refractivity contribution < 1.29 is 9.13 Å². The number of hydrogen-bond acceptors (Lipinski definition) is 2. The lowest BCUT2D eigenvalue weighted by Gasteiger charge is -2.15. The Morgan fingerprint density at radius 1 is 1.25 bits per heavy atom. The van der Waals surface area contributed by atoms with E-state index in [1.807, 2.05) is 24.3 Å². The summed E-state index contributed by atoms with van der Waals surface area (Å²) in [6.07, 6.45) is 0. The van der Waals surface area contributed by atoms with Gasteiger partial charge in [0.05, 0.1) is 0 Å². The number of halogens is 2. The summed E-state index contributed by atoms with van der Waals surface area (Å²) in [5, 5.41) is 0.683. The van der Waals surface area contributed by atoms with Crippen LogP contribution in [-0.2, 0) is 6.61 Å². The van der Waals surface area contributed by atoms with Gasteiger partial charge in [-0.15, -0.1) is 0 Å². The molecule has 2 nitrogen and oxygen atoms in total. The second-order valence-corrected chi connectivity index (χ2v) is 5.28. The van der Waals surface area contributed by atoms with Crippen LogP contribution in [0.4, 0.5) is 4.39 Å². The van der Waals surface area contributed by atoms with E-state index in [4.69, 9.17) is 22.1 Å². The van der Waals surface area contributed by atoms with Crippen LogP contribution in [0.15, 0.2) is 36.4 Å². The van der Waals surface area contributed by atoms with Crippen molar-refractivity contribution in [1.82, 2.24) is 0 Å². The molecule has 2 N–H and O–H groups in total. The van der Waals surface area contributed by atoms with Gasteiger partial charge in [-0.2, -0.15) is 0 Å². The minimum absolute atomic E-state index is 0.267. The first kappa shape index (κ1) is 14.8. The third kappa shape index (κ3) is 3.50. The summed E-state index contributed by atoms with van der Waals surface area (Å²) in [6.45, 7) is 3.90. The maximum Gasteiger partial charge on any atom is 0.126 e. The maximum atomic E-state index is 13.6. The largest absolute Gasteiger partial charge is 0.489 e. The van der Waals surface area contributed by atoms with Gasteiger partial charge in [0.1, 0.15) is 18.2 Å². The van der Waals surface area contributed by atoms with Crippen LogP contribution >= 0.6 is 11.6 Å². The first-order chi connectivity index (χ1) is 9.47. The van der Waals surface area contributed by atoms with Crippen molar-refractivity contribution in [3.8, 4) is 5.75 Å². The summed E-state index contributed by atoms with van der Waals surface area (Å²) < 4.78 is 19.4. The summed E-state index contributed by atoms with van der Waals surface area (Å²) in [5.41, 5.74) is 8.06. The predicted molar refractivity (Wildman–Crippen MR) is 79.5 cm³/mol. The molecule has 0 heterocycles. The molecule has 0 aromatic heterocycles. The van der Waals surface area contributed by atoms with E-state index in [1.54, 1.807) is 19.9 Å². The number of ether oxygens (including phenoxy) is 1. The molecule has 20 heavy (non-hydrogen) atoms. The lowest BCUT2D eigenvalue weighted by atomic mass is 10.1. The van der Waals surface area contributed by atoms with E-state index in [0.717, 1.165) is 5.56 Å². The summed E-state index contributed by atoms with van der Waals surface area (Å²) in [4.78, 5) is 0. The molecule has 0 bridgehead atoms. The minimum atomic E-state index is -0.287. The van der Waals surface area contributed by atoms with E-state index in [-0.39, 0.29) is 11.9 Å². The van der Waals surface area contributed by atoms with Crippen molar-refractivity contribution in [3.63, 3.8) is 0 Å². The highest BCUT2D eigenvalue weighted by molar-refractivity contribution is 6.30. The topological polar surface area (TPSA) is 35.2 Å². The normalized spacial score (nSPS) is 12.2. The van der Waals surface area contributed by atoms with E-state index in [9.17, 15) is 4.39 Å². The van der Waals surface area contributed by atoms with Crippen LogP contribution in [0.1, 0.15) is 29.7 Å². The van der Waals surface area contributed by atoms with Gasteiger partial charge < -0.3 is 10.5 Å². The Morgan fingerprint density at radius 2 is 1.90 bits per heavy atom. The van der Waals surface area contributed by atoms with Gasteiger partial charge in [-0.1, -0.05) is 23.7 Å². The average Bonchev–Trinajstić information content (AvgIpc) is 2.41. The molecule has 0 aliphatic heterocycles. The summed E-state index contributed by atoms with van der Waals surface area (Å²) in [6, 6.07) is 10.2. The van der Waals surface area contributed by atoms with Crippen molar-refractivity contribution in [3.05, 3.63) is 63.9 Å². The van der Waals surface area contributed by atoms with E-state index in [2.05, 4.69) is 0 Å². The fraction of sp³-hybridized carbons (Fsp3) is 0.250. The first-order valence-corrected chi connectivity index (χ1v) is 6.78. The Hall–Kier alpha value is -1.58. The molecule has 4 heteroatoms. The fourth-order valence-corrected chi connectivity index (χ4v) is 2.02. The molecule has 0 radical (unpaired) electrons. The monoisotopic (exact) mass is 293 g/mol. The van der Waals surface area contributed by atoms with Gasteiger partial charge in [0.15, 0.2) is 0 Å². The van der Waals surface area contributed by atoms with Gasteiger partial charge in [-0.3, -0.25) is 0 Å². The molecule has 2 aromatic carbocycles. The van der Waals surface area contributed by atoms with Crippen LogP contribution in [0.5, 0.6) is 5.75 Å². The van der Waals surface area contributed by atoms with Crippen molar-refractivity contribution in [2.45, 2.75) is 26.5 Å². The highest BCUT2D eigenvalue weighted by atomic mass is 35.5. The predicted octanol–water partition coefficient (Wildman–Crippen LogP) is 4.39. The van der Waals surface area contributed by atoms with Crippen LogP contribution in [0, 0.1) is 12.7 Å². The van der Waals surface area contributed by atoms with Crippen molar-refractivity contribution in [2.24, 2.45) is 5.73 Å². The molecule has 1 atom stereocenters. The van der Waals surface area contributed by atoms with E-state index < -0.39 is 0 Å². The lowest BCUT2D eigenvalue weighted by molar-refractivity contribution is 0.300. The molecular formula is C16H17ClFNO. The summed E-state index contributed by atoms with van der Waals surface area (Å²) in [7, 11) is 0. The Labute approximate surface area is 123 Å². The zero-order valence-electron chi connectivity index (χ0n) is 11.5. The first-order valence-electron chi connectivity index (χ1n) is 6.40. The van der Waals surface area contributed by atoms with Crippen LogP contribution in [0.2, 0.25) is 5.02 Å². The highest BCUT2D eigenvalue weighted by Gasteiger charge is 2.12. The van der Waals surface area contributed by atoms with Crippen molar-refractivity contribution >= 4 is 11.6 Å². The lowest BCUT2D eigenvalue weighted by Crippen LogP contribution is -2.09. The molecule has 0 spiro atoms. The van der Waals surface area contributed by atoms with Gasteiger partial charge in [-0.25, -0.2) is 4.39 Å². The minimum Gasteiger partial charge on any atom is -0.489 e. The van der Waals surface area contributed by atoms with Crippen LogP contribution in [-0.4, -0.2) is 0 Å². The second kappa shape index (κ2) is 6.25. The average molecular weight is 294 g/mol. The molecule has 0 aliphatic rings. The Balaban J connectivity index is 2.20. The van der Waals surface area contributed by atoms with E-state index in [0.29, 0.717) is 28.5 Å². The molecular weight excluding hydrogens is 277 g/mol. The van der Waals surface area contributed by atoms with Gasteiger partial charge >= 0.3 is 0 Å². The van der Waals surface area contributed by atoms with Crippen LogP contribution < -0.4 is 10.5 Å². The quantitative estimate of drug-likeness (QED) is 0.907. The molecule has 106 valence electrons. The molecule has 0 saturated heterocycles. The summed E-state index contributed by atoms with van der Waals surface area (Å²) in [5.74, 6) is 0.352. The molecule has 0 fully saturated rings. The van der Waals surface area contributed by atoms with Crippen molar-refractivity contribution in [1.29, 1.82) is 0 Å². The molecule has 0 aliphatic carbocycles. The molecule has 2 rings (SSSR count). The van der Waals surface area contributed by atoms with Crippen molar-refractivity contribution in [2.75, 3.05) is 0 Å². The number of nitrogens with two attached hydrogens (primary N) is 1. The third-order valence-corrected chi connectivity index (χ3v) is 3.34. The van der Waals surface area contributed by atoms with Gasteiger partial charge in [0, 0.05) is 16.6 Å².